The van der Waals surface area contributed by atoms with Gasteiger partial charge in [-0.2, -0.15) is 0 Å². The molecule has 0 spiro atoms. The Balaban J connectivity index is 2.22. The summed E-state index contributed by atoms with van der Waals surface area (Å²) in [6, 6.07) is 5.11. The van der Waals surface area contributed by atoms with Gasteiger partial charge in [0.1, 0.15) is 5.88 Å². The van der Waals surface area contributed by atoms with Crippen LogP contribution in [0.2, 0.25) is 5.02 Å². The summed E-state index contributed by atoms with van der Waals surface area (Å²) in [6.45, 7) is 0. The van der Waals surface area contributed by atoms with E-state index in [1.165, 1.54) is 11.3 Å². The quantitative estimate of drug-likeness (QED) is 0.849. The Morgan fingerprint density at radius 2 is 1.95 bits per heavy atom. The molecule has 4 nitrogen and oxygen atoms in total. The molecule has 120 valence electrons. The Morgan fingerprint density at radius 1 is 1.27 bits per heavy atom. The molecule has 0 bridgehead atoms. The van der Waals surface area contributed by atoms with E-state index in [4.69, 9.17) is 23.2 Å². The molecule has 2 rings (SSSR count). The molecular weight excluding hydrogens is 323 g/mol. The number of amides is 2. The van der Waals surface area contributed by atoms with Gasteiger partial charge in [0.25, 0.3) is 5.91 Å². The van der Waals surface area contributed by atoms with E-state index in [9.17, 15) is 9.59 Å². The molecule has 0 saturated heterocycles. The summed E-state index contributed by atoms with van der Waals surface area (Å²) in [5, 5.41) is 3.51. The fraction of sp³-hybridized carbons (Fsp3) is 0.500. The number of benzene rings is 1. The minimum atomic E-state index is -0.268. The van der Waals surface area contributed by atoms with E-state index in [1.54, 1.807) is 25.2 Å². The first-order chi connectivity index (χ1) is 10.5. The van der Waals surface area contributed by atoms with Crippen LogP contribution in [0.1, 0.15) is 42.5 Å². The van der Waals surface area contributed by atoms with Gasteiger partial charge >= 0.3 is 0 Å². The highest BCUT2D eigenvalue weighted by Crippen LogP contribution is 2.25. The van der Waals surface area contributed by atoms with Crippen molar-refractivity contribution in [2.75, 3.05) is 17.8 Å². The van der Waals surface area contributed by atoms with Gasteiger partial charge in [-0.1, -0.05) is 30.9 Å². The Hall–Kier alpha value is -1.26. The summed E-state index contributed by atoms with van der Waals surface area (Å²) in [7, 11) is 1.60. The molecule has 6 heteroatoms. The van der Waals surface area contributed by atoms with Crippen LogP contribution in [0.4, 0.5) is 5.69 Å². The zero-order valence-electron chi connectivity index (χ0n) is 12.6. The van der Waals surface area contributed by atoms with Crippen molar-refractivity contribution in [3.8, 4) is 0 Å². The molecule has 0 radical (unpaired) electrons. The normalized spacial score (nSPS) is 15.4. The summed E-state index contributed by atoms with van der Waals surface area (Å²) < 4.78 is 0. The van der Waals surface area contributed by atoms with Crippen LogP contribution in [0, 0.1) is 0 Å². The summed E-state index contributed by atoms with van der Waals surface area (Å²) in [5.74, 6) is -0.600. The molecule has 1 aromatic carbocycles. The fourth-order valence-corrected chi connectivity index (χ4v) is 3.07. The van der Waals surface area contributed by atoms with Crippen LogP contribution in [-0.2, 0) is 4.79 Å². The smallest absolute Gasteiger partial charge is 0.253 e. The standard InChI is InChI=1S/C16H20Cl2N2O2/c1-20(15(21)10-17)14-8-7-11(18)9-13(14)16(22)19-12-5-3-2-4-6-12/h7-9,12H,2-6,10H2,1H3,(H,19,22). The number of halogens is 2. The minimum absolute atomic E-state index is 0.136. The van der Waals surface area contributed by atoms with Crippen molar-refractivity contribution in [3.05, 3.63) is 28.8 Å². The van der Waals surface area contributed by atoms with Gasteiger partial charge in [-0.25, -0.2) is 0 Å². The number of carbonyl (C=O) groups is 2. The van der Waals surface area contributed by atoms with Crippen LogP contribution in [-0.4, -0.2) is 30.8 Å². The van der Waals surface area contributed by atoms with Gasteiger partial charge in [-0.15, -0.1) is 11.6 Å². The molecule has 2 amide bonds. The molecule has 1 aliphatic rings. The molecule has 0 aromatic heterocycles. The van der Waals surface area contributed by atoms with Crippen LogP contribution < -0.4 is 10.2 Å². The molecule has 0 aliphatic heterocycles. The molecule has 1 fully saturated rings. The number of nitrogens with zero attached hydrogens (tertiary/aromatic N) is 1. The third-order valence-electron chi connectivity index (χ3n) is 3.99. The number of anilines is 1. The second kappa shape index (κ2) is 7.84. The molecule has 0 heterocycles. The van der Waals surface area contributed by atoms with Crippen LogP contribution in [0.15, 0.2) is 18.2 Å². The lowest BCUT2D eigenvalue weighted by molar-refractivity contribution is -0.116. The lowest BCUT2D eigenvalue weighted by Gasteiger charge is -2.25. The number of nitrogens with one attached hydrogen (secondary N) is 1. The maximum Gasteiger partial charge on any atom is 0.253 e. The molecule has 0 unspecified atom stereocenters. The summed E-state index contributed by atoms with van der Waals surface area (Å²) in [5.41, 5.74) is 0.919. The van der Waals surface area contributed by atoms with Gasteiger partial charge in [-0.05, 0) is 31.0 Å². The van der Waals surface area contributed by atoms with E-state index in [-0.39, 0.29) is 23.7 Å². The average Bonchev–Trinajstić information content (AvgIpc) is 2.54. The Labute approximate surface area is 140 Å². The van der Waals surface area contributed by atoms with Crippen molar-refractivity contribution in [1.82, 2.24) is 5.32 Å². The first-order valence-corrected chi connectivity index (χ1v) is 8.37. The minimum Gasteiger partial charge on any atom is -0.349 e. The number of hydrogen-bond donors (Lipinski definition) is 1. The summed E-state index contributed by atoms with van der Waals surface area (Å²) in [6.07, 6.45) is 5.49. The third-order valence-corrected chi connectivity index (χ3v) is 4.46. The maximum absolute atomic E-state index is 12.6. The van der Waals surface area contributed by atoms with Crippen molar-refractivity contribution in [1.29, 1.82) is 0 Å². The maximum atomic E-state index is 12.6. The number of alkyl halides is 1. The predicted octanol–water partition coefficient (Wildman–Crippen LogP) is 3.60. The summed E-state index contributed by atoms with van der Waals surface area (Å²) in [4.78, 5) is 25.7. The van der Waals surface area contributed by atoms with Crippen LogP contribution >= 0.6 is 23.2 Å². The third kappa shape index (κ3) is 4.14. The number of hydrogen-bond acceptors (Lipinski definition) is 2. The largest absolute Gasteiger partial charge is 0.349 e. The molecule has 1 aliphatic carbocycles. The van der Waals surface area contributed by atoms with E-state index < -0.39 is 0 Å². The molecule has 22 heavy (non-hydrogen) atoms. The van der Waals surface area contributed by atoms with E-state index >= 15 is 0 Å². The fourth-order valence-electron chi connectivity index (χ4n) is 2.72. The van der Waals surface area contributed by atoms with E-state index in [0.29, 0.717) is 16.3 Å². The number of carbonyl (C=O) groups excluding carboxylic acids is 2. The zero-order chi connectivity index (χ0) is 16.1. The Kier molecular flexibility index (Phi) is 6.09. The Morgan fingerprint density at radius 3 is 2.59 bits per heavy atom. The van der Waals surface area contributed by atoms with Crippen LogP contribution in [0.5, 0.6) is 0 Å². The van der Waals surface area contributed by atoms with Gasteiger partial charge in [0.05, 0.1) is 11.3 Å². The SMILES string of the molecule is CN(C(=O)CCl)c1ccc(Cl)cc1C(=O)NC1CCCCC1. The molecule has 1 saturated carbocycles. The van der Waals surface area contributed by atoms with E-state index in [0.717, 1.165) is 25.7 Å². The second-order valence-corrected chi connectivity index (χ2v) is 6.26. The Bertz CT molecular complexity index is 557. The monoisotopic (exact) mass is 342 g/mol. The van der Waals surface area contributed by atoms with Gasteiger partial charge in [0.2, 0.25) is 5.91 Å². The first-order valence-electron chi connectivity index (χ1n) is 7.46. The highest BCUT2D eigenvalue weighted by molar-refractivity contribution is 6.31. The van der Waals surface area contributed by atoms with Gasteiger partial charge < -0.3 is 10.2 Å². The first kappa shape index (κ1) is 17.1. The predicted molar refractivity (Wildman–Crippen MR) is 89.9 cm³/mol. The van der Waals surface area contributed by atoms with Crippen molar-refractivity contribution < 1.29 is 9.59 Å². The second-order valence-electron chi connectivity index (χ2n) is 5.56. The lowest BCUT2D eigenvalue weighted by Crippen LogP contribution is -2.37. The van der Waals surface area contributed by atoms with Gasteiger partial charge in [-0.3, -0.25) is 9.59 Å². The highest BCUT2D eigenvalue weighted by Gasteiger charge is 2.22. The van der Waals surface area contributed by atoms with Crippen molar-refractivity contribution in [3.63, 3.8) is 0 Å². The topological polar surface area (TPSA) is 49.4 Å². The summed E-state index contributed by atoms with van der Waals surface area (Å²) >= 11 is 11.6. The van der Waals surface area contributed by atoms with Crippen LogP contribution in [0.25, 0.3) is 0 Å². The van der Waals surface area contributed by atoms with Crippen LogP contribution in [0.3, 0.4) is 0 Å². The molecule has 1 aromatic rings. The van der Waals surface area contributed by atoms with Gasteiger partial charge in [0, 0.05) is 18.1 Å². The number of rotatable bonds is 4. The van der Waals surface area contributed by atoms with E-state index in [1.807, 2.05) is 0 Å². The lowest BCUT2D eigenvalue weighted by atomic mass is 9.95. The van der Waals surface area contributed by atoms with Crippen molar-refractivity contribution in [2.24, 2.45) is 0 Å². The molecule has 0 atom stereocenters. The van der Waals surface area contributed by atoms with Gasteiger partial charge in [0.15, 0.2) is 0 Å². The highest BCUT2D eigenvalue weighted by atomic mass is 35.5. The van der Waals surface area contributed by atoms with E-state index in [2.05, 4.69) is 5.32 Å². The van der Waals surface area contributed by atoms with Crippen molar-refractivity contribution >= 4 is 40.7 Å². The molecule has 1 N–H and O–H groups in total. The molecular formula is C16H20Cl2N2O2. The van der Waals surface area contributed by atoms with Crippen molar-refractivity contribution in [2.45, 2.75) is 38.1 Å². The average molecular weight is 343 g/mol. The zero-order valence-corrected chi connectivity index (χ0v) is 14.1.